The Balaban J connectivity index is 2.61. The summed E-state index contributed by atoms with van der Waals surface area (Å²) in [4.78, 5) is 4.45. The van der Waals surface area contributed by atoms with E-state index in [2.05, 4.69) is 32.3 Å². The van der Waals surface area contributed by atoms with Crippen molar-refractivity contribution in [1.82, 2.24) is 4.98 Å². The molecule has 80 valence electrons. The first-order valence-corrected chi connectivity index (χ1v) is 6.26. The zero-order chi connectivity index (χ0) is 10.8. The summed E-state index contributed by atoms with van der Waals surface area (Å²) >= 11 is 5.08. The van der Waals surface area contributed by atoms with Crippen LogP contribution in [0.1, 0.15) is 6.92 Å². The fourth-order valence-corrected chi connectivity index (χ4v) is 2.80. The lowest BCUT2D eigenvalue weighted by molar-refractivity contribution is 0.343. The number of benzene rings is 1. The number of fused-ring (bicyclic) bond motifs is 1. The third-order valence-electron chi connectivity index (χ3n) is 1.94. The molecule has 1 aromatic heterocycles. The van der Waals surface area contributed by atoms with Gasteiger partial charge in [0.1, 0.15) is 11.3 Å². The van der Waals surface area contributed by atoms with Crippen LogP contribution in [0.25, 0.3) is 10.2 Å². The number of anilines is 1. The van der Waals surface area contributed by atoms with Gasteiger partial charge in [-0.3, -0.25) is 0 Å². The molecule has 5 heteroatoms. The van der Waals surface area contributed by atoms with Gasteiger partial charge < -0.3 is 10.1 Å². The second-order valence-electron chi connectivity index (χ2n) is 2.95. The predicted molar refractivity (Wildman–Crippen MR) is 68.0 cm³/mol. The Labute approximate surface area is 101 Å². The van der Waals surface area contributed by atoms with Crippen LogP contribution in [0.5, 0.6) is 5.75 Å². The van der Waals surface area contributed by atoms with Gasteiger partial charge in [0.15, 0.2) is 5.13 Å². The van der Waals surface area contributed by atoms with Gasteiger partial charge in [-0.1, -0.05) is 27.3 Å². The minimum Gasteiger partial charge on any atom is -0.492 e. The number of nitrogens with one attached hydrogen (secondary N) is 1. The average Bonchev–Trinajstić information content (AvgIpc) is 2.61. The van der Waals surface area contributed by atoms with Crippen LogP contribution in [-0.2, 0) is 0 Å². The van der Waals surface area contributed by atoms with E-state index in [0.717, 1.165) is 25.6 Å². The summed E-state index contributed by atoms with van der Waals surface area (Å²) in [7, 11) is 1.87. The zero-order valence-electron chi connectivity index (χ0n) is 8.50. The minimum atomic E-state index is 0.651. The van der Waals surface area contributed by atoms with E-state index in [0.29, 0.717) is 6.61 Å². The van der Waals surface area contributed by atoms with E-state index in [1.54, 1.807) is 11.3 Å². The first-order valence-electron chi connectivity index (χ1n) is 4.65. The molecule has 2 rings (SSSR count). The van der Waals surface area contributed by atoms with Crippen molar-refractivity contribution in [3.05, 3.63) is 16.6 Å². The standard InChI is InChI=1S/C10H11BrN2OS/c1-3-14-7-4-6(11)5-8-9(7)13-10(12-2)15-8/h4-5H,3H2,1-2H3,(H,12,13). The second-order valence-corrected chi connectivity index (χ2v) is 4.90. The molecule has 0 fully saturated rings. The Morgan fingerprint density at radius 3 is 3.00 bits per heavy atom. The van der Waals surface area contributed by atoms with Gasteiger partial charge in [0.2, 0.25) is 0 Å². The Morgan fingerprint density at radius 2 is 2.33 bits per heavy atom. The highest BCUT2D eigenvalue weighted by atomic mass is 79.9. The molecule has 0 unspecified atom stereocenters. The number of hydrogen-bond acceptors (Lipinski definition) is 4. The summed E-state index contributed by atoms with van der Waals surface area (Å²) in [5, 5.41) is 3.95. The largest absolute Gasteiger partial charge is 0.492 e. The SMILES string of the molecule is CCOc1cc(Br)cc2sc(NC)nc12. The van der Waals surface area contributed by atoms with Gasteiger partial charge in [0, 0.05) is 11.5 Å². The van der Waals surface area contributed by atoms with Crippen LogP contribution in [-0.4, -0.2) is 18.6 Å². The first-order chi connectivity index (χ1) is 7.24. The molecule has 15 heavy (non-hydrogen) atoms. The third kappa shape index (κ3) is 2.08. The Kier molecular flexibility index (Phi) is 3.11. The van der Waals surface area contributed by atoms with Crippen molar-refractivity contribution < 1.29 is 4.74 Å². The maximum Gasteiger partial charge on any atom is 0.183 e. The molecule has 0 aliphatic heterocycles. The lowest BCUT2D eigenvalue weighted by Crippen LogP contribution is -1.92. The average molecular weight is 287 g/mol. The molecule has 1 aromatic carbocycles. The molecule has 0 aliphatic carbocycles. The fraction of sp³-hybridized carbons (Fsp3) is 0.300. The number of thiazole rings is 1. The summed E-state index contributed by atoms with van der Waals surface area (Å²) in [6.07, 6.45) is 0. The quantitative estimate of drug-likeness (QED) is 0.938. The molecule has 0 aliphatic rings. The normalized spacial score (nSPS) is 10.6. The summed E-state index contributed by atoms with van der Waals surface area (Å²) in [5.41, 5.74) is 0.925. The lowest BCUT2D eigenvalue weighted by atomic mass is 10.3. The van der Waals surface area contributed by atoms with Crippen LogP contribution in [0, 0.1) is 0 Å². The molecule has 1 heterocycles. The lowest BCUT2D eigenvalue weighted by Gasteiger charge is -2.03. The van der Waals surface area contributed by atoms with Crippen molar-refractivity contribution in [2.45, 2.75) is 6.92 Å². The molecule has 0 spiro atoms. The van der Waals surface area contributed by atoms with Crippen molar-refractivity contribution in [3.63, 3.8) is 0 Å². The van der Waals surface area contributed by atoms with E-state index in [-0.39, 0.29) is 0 Å². The molecule has 0 radical (unpaired) electrons. The molecule has 0 bridgehead atoms. The van der Waals surface area contributed by atoms with E-state index >= 15 is 0 Å². The Hall–Kier alpha value is -0.810. The maximum absolute atomic E-state index is 5.54. The fourth-order valence-electron chi connectivity index (χ4n) is 1.34. The summed E-state index contributed by atoms with van der Waals surface area (Å²) in [5.74, 6) is 0.833. The van der Waals surface area contributed by atoms with Gasteiger partial charge in [0.05, 0.1) is 11.3 Å². The number of hydrogen-bond donors (Lipinski definition) is 1. The highest BCUT2D eigenvalue weighted by Crippen LogP contribution is 2.35. The van der Waals surface area contributed by atoms with Gasteiger partial charge in [0.25, 0.3) is 0 Å². The van der Waals surface area contributed by atoms with Crippen LogP contribution in [0.15, 0.2) is 16.6 Å². The Bertz CT molecular complexity index is 483. The van der Waals surface area contributed by atoms with Gasteiger partial charge >= 0.3 is 0 Å². The Morgan fingerprint density at radius 1 is 1.53 bits per heavy atom. The van der Waals surface area contributed by atoms with Crippen LogP contribution in [0.4, 0.5) is 5.13 Å². The van der Waals surface area contributed by atoms with Crippen molar-refractivity contribution in [2.75, 3.05) is 19.0 Å². The van der Waals surface area contributed by atoms with Crippen molar-refractivity contribution in [3.8, 4) is 5.75 Å². The number of ether oxygens (including phenoxy) is 1. The predicted octanol–water partition coefficient (Wildman–Crippen LogP) is 3.50. The second kappa shape index (κ2) is 4.37. The summed E-state index contributed by atoms with van der Waals surface area (Å²) in [6, 6.07) is 4.00. The van der Waals surface area contributed by atoms with E-state index in [1.165, 1.54) is 0 Å². The molecule has 2 aromatic rings. The summed E-state index contributed by atoms with van der Waals surface area (Å²) < 4.78 is 7.68. The van der Waals surface area contributed by atoms with Crippen LogP contribution in [0.2, 0.25) is 0 Å². The van der Waals surface area contributed by atoms with Crippen LogP contribution < -0.4 is 10.1 Å². The molecule has 0 amide bonds. The molecular weight excluding hydrogens is 276 g/mol. The van der Waals surface area contributed by atoms with Gasteiger partial charge in [-0.05, 0) is 19.1 Å². The molecule has 0 atom stereocenters. The molecular formula is C10H11BrN2OS. The summed E-state index contributed by atoms with van der Waals surface area (Å²) in [6.45, 7) is 2.62. The number of aromatic nitrogens is 1. The van der Waals surface area contributed by atoms with E-state index in [1.807, 2.05) is 20.0 Å². The van der Waals surface area contributed by atoms with Gasteiger partial charge in [-0.2, -0.15) is 0 Å². The maximum atomic E-state index is 5.54. The number of rotatable bonds is 3. The van der Waals surface area contributed by atoms with Crippen molar-refractivity contribution in [2.24, 2.45) is 0 Å². The molecule has 3 nitrogen and oxygen atoms in total. The van der Waals surface area contributed by atoms with E-state index in [9.17, 15) is 0 Å². The smallest absolute Gasteiger partial charge is 0.183 e. The monoisotopic (exact) mass is 286 g/mol. The van der Waals surface area contributed by atoms with Crippen LogP contribution in [0.3, 0.4) is 0 Å². The molecule has 1 N–H and O–H groups in total. The van der Waals surface area contributed by atoms with Gasteiger partial charge in [-0.15, -0.1) is 0 Å². The zero-order valence-corrected chi connectivity index (χ0v) is 10.9. The van der Waals surface area contributed by atoms with E-state index < -0.39 is 0 Å². The molecule has 0 saturated carbocycles. The highest BCUT2D eigenvalue weighted by molar-refractivity contribution is 9.10. The number of halogens is 1. The number of nitrogens with zero attached hydrogens (tertiary/aromatic N) is 1. The van der Waals surface area contributed by atoms with Crippen LogP contribution >= 0.6 is 27.3 Å². The van der Waals surface area contributed by atoms with Gasteiger partial charge in [-0.25, -0.2) is 4.98 Å². The van der Waals surface area contributed by atoms with Crippen molar-refractivity contribution in [1.29, 1.82) is 0 Å². The minimum absolute atomic E-state index is 0.651. The third-order valence-corrected chi connectivity index (χ3v) is 3.42. The van der Waals surface area contributed by atoms with E-state index in [4.69, 9.17) is 4.74 Å². The van der Waals surface area contributed by atoms with Crippen molar-refractivity contribution >= 4 is 42.6 Å². The first kappa shape index (κ1) is 10.7. The molecule has 0 saturated heterocycles. The highest BCUT2D eigenvalue weighted by Gasteiger charge is 2.09. The topological polar surface area (TPSA) is 34.1 Å².